The Labute approximate surface area is 78.6 Å². The fraction of sp³-hybridized carbons (Fsp3) is 0. The Morgan fingerprint density at radius 2 is 1.00 bits per heavy atom. The first-order valence-corrected chi connectivity index (χ1v) is 2.60. The summed E-state index contributed by atoms with van der Waals surface area (Å²) in [7, 11) is -2.62. The van der Waals surface area contributed by atoms with Gasteiger partial charge in [-0.25, -0.2) is 0 Å². The molecule has 0 aliphatic rings. The molecule has 0 amide bonds. The molecule has 0 aromatic heterocycles. The fourth-order valence-corrected chi connectivity index (χ4v) is 0. The predicted molar refractivity (Wildman–Crippen MR) is 37.6 cm³/mol. The Kier molecular flexibility index (Phi) is 121. The van der Waals surface area contributed by atoms with Gasteiger partial charge in [0.1, 0.15) is 0 Å². The second-order valence-electron chi connectivity index (χ2n) is 0.268. The monoisotopic (exact) mass is 358 g/mol. The third-order valence-corrected chi connectivity index (χ3v) is 0. The van der Waals surface area contributed by atoms with Gasteiger partial charge in [0.25, 0.3) is 0 Å². The molecule has 6 heteroatoms. The van der Waals surface area contributed by atoms with Crippen molar-refractivity contribution in [3.8, 4) is 0 Å². The van der Waals surface area contributed by atoms with Crippen molar-refractivity contribution in [1.29, 1.82) is 0 Å². The van der Waals surface area contributed by atoms with E-state index in [2.05, 4.69) is 18.0 Å². The van der Waals surface area contributed by atoms with Crippen LogP contribution in [0, 0.1) is 21.2 Å². The van der Waals surface area contributed by atoms with E-state index in [9.17, 15) is 0 Å². The molecule has 0 saturated carbocycles. The zero-order valence-electron chi connectivity index (χ0n) is 5.18. The zero-order valence-corrected chi connectivity index (χ0v) is 8.99. The molecule has 0 unspecified atom stereocenters. The van der Waals surface area contributed by atoms with Crippen LogP contribution >= 0.6 is 20.2 Å². The minimum atomic E-state index is -2.62. The molecule has 3 N–H and O–H groups in total. The molecule has 0 aromatic rings. The molecule has 9 heavy (non-hydrogen) atoms. The Hall–Kier alpha value is 1.34. The minimum Gasteiger partial charge on any atom is -0.358 e. The van der Waals surface area contributed by atoms with Gasteiger partial charge in [-0.1, -0.05) is 0 Å². The quantitative estimate of drug-likeness (QED) is 0.345. The molecular formula is C3H11AuClO3P. The molecule has 0 aliphatic carbocycles. The largest absolute Gasteiger partial charge is 3.00 e. The smallest absolute Gasteiger partial charge is 0.358 e. The van der Waals surface area contributed by atoms with Crippen molar-refractivity contribution in [3.05, 3.63) is 21.2 Å². The Morgan fingerprint density at radius 1 is 1.00 bits per heavy atom. The van der Waals surface area contributed by atoms with Gasteiger partial charge in [-0.15, -0.1) is 0 Å². The van der Waals surface area contributed by atoms with E-state index in [0.717, 1.165) is 0 Å². The summed E-state index contributed by atoms with van der Waals surface area (Å²) in [5.41, 5.74) is 0. The van der Waals surface area contributed by atoms with Crippen LogP contribution in [0.15, 0.2) is 0 Å². The first-order chi connectivity index (χ1) is 2.73. The molecule has 64 valence electrons. The molecule has 0 bridgehead atoms. The predicted octanol–water partition coefficient (Wildman–Crippen LogP) is 1.11. The van der Waals surface area contributed by atoms with Crippen molar-refractivity contribution in [3.63, 3.8) is 0 Å². The summed E-state index contributed by atoms with van der Waals surface area (Å²) >= 11 is 4.39. The van der Waals surface area contributed by atoms with Crippen LogP contribution in [-0.2, 0) is 22.4 Å². The van der Waals surface area contributed by atoms with E-state index in [0.29, 0.717) is 0 Å². The number of hydrogen-bond acceptors (Lipinski definition) is 3. The van der Waals surface area contributed by atoms with Crippen molar-refractivity contribution in [2.45, 2.75) is 0 Å². The molecular weight excluding hydrogens is 347 g/mol. The summed E-state index contributed by atoms with van der Waals surface area (Å²) in [6.07, 6.45) is 2.72. The molecule has 0 radical (unpaired) electrons. The second kappa shape index (κ2) is 34.5. The molecule has 0 aliphatic heterocycles. The van der Waals surface area contributed by atoms with Crippen LogP contribution < -0.4 is 0 Å². The van der Waals surface area contributed by atoms with E-state index < -0.39 is 8.60 Å². The average molecular weight is 359 g/mol. The molecule has 0 atom stereocenters. The van der Waals surface area contributed by atoms with Crippen LogP contribution in [0.4, 0.5) is 0 Å². The minimum absolute atomic E-state index is 0. The zero-order chi connectivity index (χ0) is 5.58. The molecule has 0 rings (SSSR count). The van der Waals surface area contributed by atoms with Crippen LogP contribution in [0.1, 0.15) is 0 Å². The van der Waals surface area contributed by atoms with Crippen LogP contribution in [0.25, 0.3) is 0 Å². The summed E-state index contributed by atoms with van der Waals surface area (Å²) < 4.78 is 0. The summed E-state index contributed by atoms with van der Waals surface area (Å²) in [5, 5.41) is 0. The maximum atomic E-state index is 7.23. The van der Waals surface area contributed by atoms with Gasteiger partial charge < -0.3 is 41.1 Å². The third kappa shape index (κ3) is 280. The first kappa shape index (κ1) is 31.6. The molecule has 0 fully saturated rings. The van der Waals surface area contributed by atoms with E-state index in [-0.39, 0.29) is 37.2 Å². The van der Waals surface area contributed by atoms with Gasteiger partial charge in [0.05, 0.1) is 0 Å². The van der Waals surface area contributed by atoms with Gasteiger partial charge in [0.2, 0.25) is 0 Å². The SMILES string of the molecule is OP(O)O.[Au+3].[CH2-]Cl.[CH3-].[CH3-]. The van der Waals surface area contributed by atoms with Crippen LogP contribution in [0.2, 0.25) is 0 Å². The number of halogens is 1. The second-order valence-corrected chi connectivity index (χ2v) is 0.805. The average Bonchev–Trinajstić information content (AvgIpc) is 1.41. The summed E-state index contributed by atoms with van der Waals surface area (Å²) in [5.74, 6) is 0. The van der Waals surface area contributed by atoms with Crippen LogP contribution in [0.5, 0.6) is 0 Å². The topological polar surface area (TPSA) is 60.7 Å². The van der Waals surface area contributed by atoms with E-state index in [4.69, 9.17) is 14.7 Å². The molecule has 0 spiro atoms. The molecule has 0 saturated heterocycles. The van der Waals surface area contributed by atoms with E-state index in [1.165, 1.54) is 0 Å². The van der Waals surface area contributed by atoms with Crippen LogP contribution in [-0.4, -0.2) is 14.7 Å². The van der Waals surface area contributed by atoms with Crippen molar-refractivity contribution < 1.29 is 37.1 Å². The first-order valence-electron chi connectivity index (χ1n) is 0.867. The Morgan fingerprint density at radius 3 is 1.00 bits per heavy atom. The van der Waals surface area contributed by atoms with Crippen molar-refractivity contribution in [1.82, 2.24) is 0 Å². The van der Waals surface area contributed by atoms with E-state index >= 15 is 0 Å². The van der Waals surface area contributed by atoms with Gasteiger partial charge in [-0.2, -0.15) is 0 Å². The van der Waals surface area contributed by atoms with Crippen LogP contribution in [0.3, 0.4) is 0 Å². The molecule has 0 heterocycles. The summed E-state index contributed by atoms with van der Waals surface area (Å²) in [6, 6.07) is 0. The van der Waals surface area contributed by atoms with Crippen molar-refractivity contribution in [2.24, 2.45) is 0 Å². The molecule has 3 nitrogen and oxygen atoms in total. The number of hydrogen-bond donors (Lipinski definition) is 3. The number of rotatable bonds is 0. The maximum absolute atomic E-state index is 7.23. The van der Waals surface area contributed by atoms with Gasteiger partial charge in [-0.3, -0.25) is 6.38 Å². The van der Waals surface area contributed by atoms with Gasteiger partial charge >= 0.3 is 31.0 Å². The van der Waals surface area contributed by atoms with E-state index in [1.807, 2.05) is 0 Å². The summed E-state index contributed by atoms with van der Waals surface area (Å²) in [6.45, 7) is 0. The Bertz CT molecular complexity index is 23.8. The molecule has 0 aromatic carbocycles. The van der Waals surface area contributed by atoms with Crippen molar-refractivity contribution >= 4 is 20.2 Å². The maximum Gasteiger partial charge on any atom is 3.00 e. The third-order valence-electron chi connectivity index (χ3n) is 0. The Balaban J connectivity index is -0.00000000990. The van der Waals surface area contributed by atoms with Gasteiger partial charge in [0.15, 0.2) is 0 Å². The van der Waals surface area contributed by atoms with Crippen molar-refractivity contribution in [2.75, 3.05) is 0 Å². The standard InChI is InChI=1S/CH2Cl.2CH3.Au.H3O3P/c1-2;;;;1-4(2)3/h1H2;2*1H3;;1-3H/q3*-1;+3;. The van der Waals surface area contributed by atoms with Gasteiger partial charge in [-0.05, 0) is 0 Å². The van der Waals surface area contributed by atoms with Gasteiger partial charge in [0, 0.05) is 0 Å². The fourth-order valence-electron chi connectivity index (χ4n) is 0. The van der Waals surface area contributed by atoms with E-state index in [1.54, 1.807) is 0 Å². The summed E-state index contributed by atoms with van der Waals surface area (Å²) in [4.78, 5) is 21.7. The normalized spacial score (nSPS) is 4.67.